The number of carboxylic acid groups (broad SMARTS) is 1. The molecule has 4 nitrogen and oxygen atoms in total. The van der Waals surface area contributed by atoms with Crippen LogP contribution < -0.4 is 0 Å². The van der Waals surface area contributed by atoms with Crippen LogP contribution in [0.4, 0.5) is 0 Å². The molecule has 1 saturated carbocycles. The molecule has 2 rings (SSSR count). The third-order valence-corrected chi connectivity index (χ3v) is 3.00. The van der Waals surface area contributed by atoms with E-state index in [0.29, 0.717) is 11.5 Å². The summed E-state index contributed by atoms with van der Waals surface area (Å²) in [4.78, 5) is 11.2. The van der Waals surface area contributed by atoms with E-state index in [2.05, 4.69) is 5.16 Å². The molecule has 1 aliphatic carbocycles. The minimum Gasteiger partial charge on any atom is -0.481 e. The quantitative estimate of drug-likeness (QED) is 0.797. The van der Waals surface area contributed by atoms with Crippen molar-refractivity contribution in [2.45, 2.75) is 32.1 Å². The molecule has 76 valence electrons. The van der Waals surface area contributed by atoms with Gasteiger partial charge in [-0.2, -0.15) is 0 Å². The van der Waals surface area contributed by atoms with Crippen molar-refractivity contribution < 1.29 is 14.4 Å². The third-order valence-electron chi connectivity index (χ3n) is 3.00. The maximum Gasteiger partial charge on any atom is 0.315 e. The molecule has 0 amide bonds. The Morgan fingerprint density at radius 3 is 2.71 bits per heavy atom. The van der Waals surface area contributed by atoms with Crippen LogP contribution in [0.25, 0.3) is 0 Å². The van der Waals surface area contributed by atoms with E-state index in [1.165, 1.54) is 0 Å². The van der Waals surface area contributed by atoms with Crippen LogP contribution in [0.5, 0.6) is 0 Å². The molecular formula is C10H13NO3. The normalized spacial score (nSPS) is 20.4. The first kappa shape index (κ1) is 9.24. The number of rotatable bonds is 3. The Bertz CT molecular complexity index is 367. The first-order chi connectivity index (χ1) is 6.55. The molecule has 4 heteroatoms. The molecule has 1 N–H and O–H groups in total. The van der Waals surface area contributed by atoms with E-state index in [1.807, 2.05) is 0 Å². The molecule has 1 aliphatic rings. The van der Waals surface area contributed by atoms with Gasteiger partial charge in [0.15, 0.2) is 0 Å². The van der Waals surface area contributed by atoms with Gasteiger partial charge in [-0.25, -0.2) is 0 Å². The van der Waals surface area contributed by atoms with Crippen LogP contribution in [0.2, 0.25) is 0 Å². The average Bonchev–Trinajstić information content (AvgIpc) is 2.88. The number of aromatic nitrogens is 1. The van der Waals surface area contributed by atoms with Crippen LogP contribution in [0, 0.1) is 12.8 Å². The lowest BCUT2D eigenvalue weighted by molar-refractivity contribution is -0.144. The maximum absolute atomic E-state index is 11.2. The fraction of sp³-hybridized carbons (Fsp3) is 0.600. The van der Waals surface area contributed by atoms with Crippen LogP contribution in [-0.4, -0.2) is 16.2 Å². The molecule has 0 radical (unpaired) electrons. The van der Waals surface area contributed by atoms with Crippen molar-refractivity contribution in [3.05, 3.63) is 17.5 Å². The number of carboxylic acids is 1. The summed E-state index contributed by atoms with van der Waals surface area (Å²) in [6, 6.07) is 1.71. The van der Waals surface area contributed by atoms with Gasteiger partial charge in [-0.3, -0.25) is 4.79 Å². The van der Waals surface area contributed by atoms with Crippen molar-refractivity contribution in [3.8, 4) is 0 Å². The molecule has 0 saturated heterocycles. The number of hydrogen-bond acceptors (Lipinski definition) is 3. The van der Waals surface area contributed by atoms with Gasteiger partial charge in [-0.15, -0.1) is 0 Å². The Labute approximate surface area is 81.9 Å². The molecule has 1 fully saturated rings. The zero-order valence-electron chi connectivity index (χ0n) is 8.28. The SMILES string of the molecule is Cc1cc(C(C)(C(=O)O)C2CC2)no1. The van der Waals surface area contributed by atoms with Gasteiger partial charge in [0.1, 0.15) is 16.9 Å². The highest BCUT2D eigenvalue weighted by Gasteiger charge is 2.50. The Balaban J connectivity index is 2.40. The van der Waals surface area contributed by atoms with Gasteiger partial charge >= 0.3 is 5.97 Å². The van der Waals surface area contributed by atoms with Crippen molar-refractivity contribution in [3.63, 3.8) is 0 Å². The van der Waals surface area contributed by atoms with E-state index in [-0.39, 0.29) is 5.92 Å². The van der Waals surface area contributed by atoms with E-state index in [4.69, 9.17) is 4.52 Å². The summed E-state index contributed by atoms with van der Waals surface area (Å²) in [6.07, 6.45) is 1.93. The van der Waals surface area contributed by atoms with E-state index < -0.39 is 11.4 Å². The predicted molar refractivity (Wildman–Crippen MR) is 49.0 cm³/mol. The second kappa shape index (κ2) is 2.83. The van der Waals surface area contributed by atoms with Crippen molar-refractivity contribution in [1.82, 2.24) is 5.16 Å². The number of aliphatic carboxylic acids is 1. The maximum atomic E-state index is 11.2. The van der Waals surface area contributed by atoms with E-state index in [0.717, 1.165) is 12.8 Å². The second-order valence-electron chi connectivity index (χ2n) is 4.10. The molecule has 0 aliphatic heterocycles. The molecule has 1 unspecified atom stereocenters. The zero-order valence-corrected chi connectivity index (χ0v) is 8.28. The van der Waals surface area contributed by atoms with Gasteiger partial charge < -0.3 is 9.63 Å². The molecule has 1 aromatic rings. The topological polar surface area (TPSA) is 63.3 Å². The Morgan fingerprint density at radius 1 is 1.71 bits per heavy atom. The fourth-order valence-electron chi connectivity index (χ4n) is 1.77. The molecule has 1 aromatic heterocycles. The van der Waals surface area contributed by atoms with Crippen molar-refractivity contribution >= 4 is 5.97 Å². The van der Waals surface area contributed by atoms with Gasteiger partial charge in [-0.1, -0.05) is 5.16 Å². The van der Waals surface area contributed by atoms with Crippen LogP contribution in [-0.2, 0) is 10.2 Å². The zero-order chi connectivity index (χ0) is 10.3. The third kappa shape index (κ3) is 1.22. The fourth-order valence-corrected chi connectivity index (χ4v) is 1.77. The number of carbonyl (C=O) groups is 1. The smallest absolute Gasteiger partial charge is 0.315 e. The summed E-state index contributed by atoms with van der Waals surface area (Å²) in [5, 5.41) is 13.0. The van der Waals surface area contributed by atoms with E-state index >= 15 is 0 Å². The van der Waals surface area contributed by atoms with Gasteiger partial charge in [-0.05, 0) is 32.6 Å². The molecule has 1 atom stereocenters. The molecule has 0 spiro atoms. The van der Waals surface area contributed by atoms with Gasteiger partial charge in [0.05, 0.1) is 0 Å². The summed E-state index contributed by atoms with van der Waals surface area (Å²) < 4.78 is 4.93. The van der Waals surface area contributed by atoms with E-state index in [9.17, 15) is 9.90 Å². The van der Waals surface area contributed by atoms with Crippen molar-refractivity contribution in [2.24, 2.45) is 5.92 Å². The molecule has 14 heavy (non-hydrogen) atoms. The van der Waals surface area contributed by atoms with Crippen LogP contribution in [0.15, 0.2) is 10.6 Å². The Kier molecular flexibility index (Phi) is 1.87. The summed E-state index contributed by atoms with van der Waals surface area (Å²) in [5.41, 5.74) is -0.317. The highest BCUT2D eigenvalue weighted by atomic mass is 16.5. The van der Waals surface area contributed by atoms with Crippen LogP contribution in [0.1, 0.15) is 31.2 Å². The van der Waals surface area contributed by atoms with Crippen LogP contribution >= 0.6 is 0 Å². The summed E-state index contributed by atoms with van der Waals surface area (Å²) in [6.45, 7) is 3.50. The number of nitrogens with zero attached hydrogens (tertiary/aromatic N) is 1. The lowest BCUT2D eigenvalue weighted by Crippen LogP contribution is -2.35. The highest BCUT2D eigenvalue weighted by Crippen LogP contribution is 2.47. The number of hydrogen-bond donors (Lipinski definition) is 1. The average molecular weight is 195 g/mol. The monoisotopic (exact) mass is 195 g/mol. The lowest BCUT2D eigenvalue weighted by atomic mass is 9.81. The largest absolute Gasteiger partial charge is 0.481 e. The first-order valence-electron chi connectivity index (χ1n) is 4.72. The minimum atomic E-state index is -0.863. The van der Waals surface area contributed by atoms with Crippen molar-refractivity contribution in [2.75, 3.05) is 0 Å². The number of aryl methyl sites for hydroxylation is 1. The Hall–Kier alpha value is -1.32. The first-order valence-corrected chi connectivity index (χ1v) is 4.72. The van der Waals surface area contributed by atoms with Gasteiger partial charge in [0.25, 0.3) is 0 Å². The highest BCUT2D eigenvalue weighted by molar-refractivity contribution is 5.81. The van der Waals surface area contributed by atoms with Crippen molar-refractivity contribution in [1.29, 1.82) is 0 Å². The predicted octanol–water partition coefficient (Wildman–Crippen LogP) is 1.74. The molecule has 0 aromatic carbocycles. The molecule has 1 heterocycles. The Morgan fingerprint density at radius 2 is 2.36 bits per heavy atom. The molecular weight excluding hydrogens is 182 g/mol. The standard InChI is InChI=1S/C10H13NO3/c1-6-5-8(11-14-6)10(2,9(12)13)7-3-4-7/h5,7H,3-4H2,1-2H3,(H,12,13). The summed E-state index contributed by atoms with van der Waals surface area (Å²) in [7, 11) is 0. The second-order valence-corrected chi connectivity index (χ2v) is 4.10. The minimum absolute atomic E-state index is 0.212. The molecule has 0 bridgehead atoms. The lowest BCUT2D eigenvalue weighted by Gasteiger charge is -2.20. The summed E-state index contributed by atoms with van der Waals surface area (Å²) in [5.74, 6) is 0.0610. The van der Waals surface area contributed by atoms with Gasteiger partial charge in [0.2, 0.25) is 0 Å². The van der Waals surface area contributed by atoms with E-state index in [1.54, 1.807) is 19.9 Å². The van der Waals surface area contributed by atoms with Crippen LogP contribution in [0.3, 0.4) is 0 Å². The van der Waals surface area contributed by atoms with Gasteiger partial charge in [0, 0.05) is 6.07 Å². The summed E-state index contributed by atoms with van der Waals surface area (Å²) >= 11 is 0.